The van der Waals surface area contributed by atoms with Gasteiger partial charge in [0.25, 0.3) is 0 Å². The number of aliphatic imine (C=N–C) groups is 1. The first kappa shape index (κ1) is 20.6. The third-order valence-corrected chi connectivity index (χ3v) is 4.94. The van der Waals surface area contributed by atoms with Crippen molar-refractivity contribution in [3.05, 3.63) is 35.1 Å². The summed E-state index contributed by atoms with van der Waals surface area (Å²) >= 11 is 1.66. The Hall–Kier alpha value is -1.76. The molecule has 0 atom stereocenters. The minimum absolute atomic E-state index is 0.111. The molecule has 0 unspecified atom stereocenters. The van der Waals surface area contributed by atoms with Crippen LogP contribution < -0.4 is 10.6 Å². The van der Waals surface area contributed by atoms with Crippen molar-refractivity contribution in [2.45, 2.75) is 38.5 Å². The normalized spacial score (nSPS) is 15.0. The summed E-state index contributed by atoms with van der Waals surface area (Å²) in [7, 11) is 0. The SMILES string of the molecule is CCNC(=NCc1ccc(F)cc1CSC)NCC(=O)N1CCCCC1. The fourth-order valence-corrected chi connectivity index (χ4v) is 3.54. The largest absolute Gasteiger partial charge is 0.357 e. The lowest BCUT2D eigenvalue weighted by Gasteiger charge is -2.27. The molecule has 26 heavy (non-hydrogen) atoms. The van der Waals surface area contributed by atoms with Crippen LogP contribution in [0, 0.1) is 5.82 Å². The van der Waals surface area contributed by atoms with Gasteiger partial charge in [-0.2, -0.15) is 11.8 Å². The van der Waals surface area contributed by atoms with Gasteiger partial charge in [0.1, 0.15) is 5.82 Å². The quantitative estimate of drug-likeness (QED) is 0.564. The minimum Gasteiger partial charge on any atom is -0.357 e. The molecule has 1 aliphatic rings. The van der Waals surface area contributed by atoms with Crippen molar-refractivity contribution < 1.29 is 9.18 Å². The maximum absolute atomic E-state index is 13.5. The van der Waals surface area contributed by atoms with E-state index in [-0.39, 0.29) is 18.3 Å². The van der Waals surface area contributed by atoms with Crippen molar-refractivity contribution in [3.8, 4) is 0 Å². The maximum Gasteiger partial charge on any atom is 0.241 e. The third-order valence-electron chi connectivity index (χ3n) is 4.34. The number of guanidine groups is 1. The van der Waals surface area contributed by atoms with Crippen LogP contribution in [0.15, 0.2) is 23.2 Å². The first-order chi connectivity index (χ1) is 12.6. The van der Waals surface area contributed by atoms with Crippen LogP contribution in [0.3, 0.4) is 0 Å². The molecule has 1 saturated heterocycles. The average Bonchev–Trinajstić information content (AvgIpc) is 2.66. The van der Waals surface area contributed by atoms with Gasteiger partial charge in [-0.1, -0.05) is 6.07 Å². The maximum atomic E-state index is 13.5. The molecule has 0 aromatic heterocycles. The Morgan fingerprint density at radius 2 is 2.00 bits per heavy atom. The average molecular weight is 381 g/mol. The fourth-order valence-electron chi connectivity index (χ4n) is 2.96. The van der Waals surface area contributed by atoms with Gasteiger partial charge < -0.3 is 15.5 Å². The van der Waals surface area contributed by atoms with E-state index in [1.54, 1.807) is 23.9 Å². The Balaban J connectivity index is 1.96. The van der Waals surface area contributed by atoms with Gasteiger partial charge in [-0.05, 0) is 55.7 Å². The van der Waals surface area contributed by atoms with Crippen molar-refractivity contribution in [1.29, 1.82) is 0 Å². The van der Waals surface area contributed by atoms with Crippen molar-refractivity contribution in [2.75, 3.05) is 32.4 Å². The molecule has 5 nitrogen and oxygen atoms in total. The smallest absolute Gasteiger partial charge is 0.241 e. The molecule has 1 aromatic rings. The second-order valence-corrected chi connectivity index (χ2v) is 7.20. The molecule has 1 aliphatic heterocycles. The lowest BCUT2D eigenvalue weighted by atomic mass is 10.1. The Morgan fingerprint density at radius 3 is 2.69 bits per heavy atom. The molecule has 0 saturated carbocycles. The Bertz CT molecular complexity index is 618. The van der Waals surface area contributed by atoms with Gasteiger partial charge in [-0.25, -0.2) is 9.38 Å². The predicted molar refractivity (Wildman–Crippen MR) is 107 cm³/mol. The molecular formula is C19H29FN4OS. The van der Waals surface area contributed by atoms with Gasteiger partial charge in [0.15, 0.2) is 5.96 Å². The number of hydrogen-bond acceptors (Lipinski definition) is 3. The number of likely N-dealkylation sites (tertiary alicyclic amines) is 1. The lowest BCUT2D eigenvalue weighted by molar-refractivity contribution is -0.130. The van der Waals surface area contributed by atoms with E-state index < -0.39 is 0 Å². The van der Waals surface area contributed by atoms with Gasteiger partial charge in [-0.3, -0.25) is 4.79 Å². The molecule has 0 spiro atoms. The molecule has 2 N–H and O–H groups in total. The highest BCUT2D eigenvalue weighted by atomic mass is 32.2. The number of thioether (sulfide) groups is 1. The van der Waals surface area contributed by atoms with E-state index in [9.17, 15) is 9.18 Å². The van der Waals surface area contributed by atoms with E-state index in [0.717, 1.165) is 42.8 Å². The summed E-state index contributed by atoms with van der Waals surface area (Å²) in [6.45, 7) is 5.09. The molecule has 144 valence electrons. The summed E-state index contributed by atoms with van der Waals surface area (Å²) in [5.41, 5.74) is 1.96. The van der Waals surface area contributed by atoms with Crippen molar-refractivity contribution in [1.82, 2.24) is 15.5 Å². The van der Waals surface area contributed by atoms with Crippen LogP contribution in [0.4, 0.5) is 4.39 Å². The number of benzene rings is 1. The van der Waals surface area contributed by atoms with E-state index in [0.29, 0.717) is 19.0 Å². The number of carbonyl (C=O) groups is 1. The van der Waals surface area contributed by atoms with Gasteiger partial charge in [0, 0.05) is 25.4 Å². The first-order valence-corrected chi connectivity index (χ1v) is 10.6. The van der Waals surface area contributed by atoms with Gasteiger partial charge in [0.05, 0.1) is 13.1 Å². The number of rotatable bonds is 7. The Morgan fingerprint density at radius 1 is 1.23 bits per heavy atom. The number of hydrogen-bond donors (Lipinski definition) is 2. The minimum atomic E-state index is -0.223. The molecular weight excluding hydrogens is 351 g/mol. The van der Waals surface area contributed by atoms with Crippen LogP contribution >= 0.6 is 11.8 Å². The van der Waals surface area contributed by atoms with Crippen LogP contribution in [0.2, 0.25) is 0 Å². The zero-order valence-corrected chi connectivity index (χ0v) is 16.5. The van der Waals surface area contributed by atoms with E-state index in [2.05, 4.69) is 15.6 Å². The standard InChI is InChI=1S/C19H29FN4OS/c1-3-21-19(23-13-18(25)24-9-5-4-6-10-24)22-12-15-7-8-17(20)11-16(15)14-26-2/h7-8,11H,3-6,9-10,12-14H2,1-2H3,(H2,21,22,23). The van der Waals surface area contributed by atoms with Crippen LogP contribution in [0.25, 0.3) is 0 Å². The monoisotopic (exact) mass is 380 g/mol. The second-order valence-electron chi connectivity index (χ2n) is 6.34. The summed E-state index contributed by atoms with van der Waals surface area (Å²) < 4.78 is 13.5. The van der Waals surface area contributed by atoms with E-state index in [1.807, 2.05) is 18.1 Å². The van der Waals surface area contributed by atoms with Gasteiger partial charge in [-0.15, -0.1) is 0 Å². The summed E-state index contributed by atoms with van der Waals surface area (Å²) in [5, 5.41) is 6.28. The number of nitrogens with zero attached hydrogens (tertiary/aromatic N) is 2. The Labute approximate surface area is 159 Å². The number of halogens is 1. The summed E-state index contributed by atoms with van der Waals surface area (Å²) in [5.74, 6) is 1.25. The highest BCUT2D eigenvalue weighted by Crippen LogP contribution is 2.17. The Kier molecular flexibility index (Phi) is 8.74. The molecule has 0 bridgehead atoms. The van der Waals surface area contributed by atoms with Crippen molar-refractivity contribution in [3.63, 3.8) is 0 Å². The first-order valence-electron chi connectivity index (χ1n) is 9.20. The van der Waals surface area contributed by atoms with Crippen molar-refractivity contribution >= 4 is 23.6 Å². The number of piperidine rings is 1. The third kappa shape index (κ3) is 6.52. The molecule has 1 fully saturated rings. The van der Waals surface area contributed by atoms with Gasteiger partial charge in [0.2, 0.25) is 5.91 Å². The molecule has 0 aliphatic carbocycles. The van der Waals surface area contributed by atoms with Crippen LogP contribution in [-0.2, 0) is 17.1 Å². The summed E-state index contributed by atoms with van der Waals surface area (Å²) in [4.78, 5) is 18.8. The lowest BCUT2D eigenvalue weighted by Crippen LogP contribution is -2.46. The zero-order valence-electron chi connectivity index (χ0n) is 15.7. The predicted octanol–water partition coefficient (Wildman–Crippen LogP) is 2.76. The van der Waals surface area contributed by atoms with E-state index in [1.165, 1.54) is 12.5 Å². The highest BCUT2D eigenvalue weighted by Gasteiger charge is 2.16. The topological polar surface area (TPSA) is 56.7 Å². The van der Waals surface area contributed by atoms with E-state index >= 15 is 0 Å². The molecule has 1 heterocycles. The fraction of sp³-hybridized carbons (Fsp3) is 0.579. The van der Waals surface area contributed by atoms with Crippen LogP contribution in [0.1, 0.15) is 37.3 Å². The number of amides is 1. The second kappa shape index (κ2) is 11.1. The highest BCUT2D eigenvalue weighted by molar-refractivity contribution is 7.97. The van der Waals surface area contributed by atoms with Gasteiger partial charge >= 0.3 is 0 Å². The number of carbonyl (C=O) groups excluding carboxylic acids is 1. The summed E-state index contributed by atoms with van der Waals surface area (Å²) in [6.07, 6.45) is 5.37. The molecule has 0 radical (unpaired) electrons. The summed E-state index contributed by atoms with van der Waals surface area (Å²) in [6, 6.07) is 4.82. The van der Waals surface area contributed by atoms with E-state index in [4.69, 9.17) is 0 Å². The molecule has 1 amide bonds. The van der Waals surface area contributed by atoms with Crippen LogP contribution in [0.5, 0.6) is 0 Å². The van der Waals surface area contributed by atoms with Crippen LogP contribution in [-0.4, -0.2) is 49.2 Å². The molecule has 1 aromatic carbocycles. The molecule has 2 rings (SSSR count). The number of nitrogens with one attached hydrogen (secondary N) is 2. The molecule has 7 heteroatoms. The van der Waals surface area contributed by atoms with Crippen molar-refractivity contribution in [2.24, 2.45) is 4.99 Å². The zero-order chi connectivity index (χ0) is 18.8.